The fraction of sp³-hybridized carbons (Fsp3) is 0.500. The minimum absolute atomic E-state index is 0.370. The summed E-state index contributed by atoms with van der Waals surface area (Å²) in [5, 5.41) is 0. The summed E-state index contributed by atoms with van der Waals surface area (Å²) in [6.07, 6.45) is 9.23. The molecule has 1 aliphatic rings. The van der Waals surface area contributed by atoms with Crippen LogP contribution in [0.5, 0.6) is 0 Å². The summed E-state index contributed by atoms with van der Waals surface area (Å²) in [5.41, 5.74) is 3.43. The van der Waals surface area contributed by atoms with Crippen LogP contribution in [0, 0.1) is 6.92 Å². The lowest BCUT2D eigenvalue weighted by Gasteiger charge is -2.21. The zero-order chi connectivity index (χ0) is 11.7. The average Bonchev–Trinajstić information content (AvgIpc) is 2.71. The third-order valence-corrected chi connectivity index (χ3v) is 3.36. The normalized spacial score (nSPS) is 20.9. The molecule has 1 fully saturated rings. The van der Waals surface area contributed by atoms with Gasteiger partial charge in [-0.2, -0.15) is 0 Å². The average molecular weight is 230 g/mol. The number of aryl methyl sites for hydroxylation is 1. The predicted octanol–water partition coefficient (Wildman–Crippen LogP) is 2.75. The van der Waals surface area contributed by atoms with E-state index in [1.165, 1.54) is 24.8 Å². The van der Waals surface area contributed by atoms with Gasteiger partial charge >= 0.3 is 0 Å². The molecule has 1 aliphatic heterocycles. The first-order valence-electron chi connectivity index (χ1n) is 6.37. The number of pyridine rings is 1. The summed E-state index contributed by atoms with van der Waals surface area (Å²) in [5.74, 6) is 0. The van der Waals surface area contributed by atoms with Crippen LogP contribution in [0.25, 0.3) is 5.65 Å². The lowest BCUT2D eigenvalue weighted by atomic mass is 10.1. The van der Waals surface area contributed by atoms with E-state index in [4.69, 9.17) is 4.74 Å². The van der Waals surface area contributed by atoms with Crippen molar-refractivity contribution >= 4 is 5.65 Å². The Morgan fingerprint density at radius 2 is 2.29 bits per heavy atom. The molecule has 3 heterocycles. The van der Waals surface area contributed by atoms with Gasteiger partial charge in [0.1, 0.15) is 5.65 Å². The molecule has 1 atom stereocenters. The molecule has 1 unspecified atom stereocenters. The highest BCUT2D eigenvalue weighted by atomic mass is 16.5. The van der Waals surface area contributed by atoms with E-state index in [1.54, 1.807) is 0 Å². The Morgan fingerprint density at radius 1 is 1.35 bits per heavy atom. The zero-order valence-electron chi connectivity index (χ0n) is 10.2. The summed E-state index contributed by atoms with van der Waals surface area (Å²) in [7, 11) is 0. The molecule has 3 nitrogen and oxygen atoms in total. The number of aromatic nitrogens is 2. The Hall–Kier alpha value is -1.35. The van der Waals surface area contributed by atoms with Crippen molar-refractivity contribution in [2.24, 2.45) is 0 Å². The van der Waals surface area contributed by atoms with Crippen molar-refractivity contribution in [2.45, 2.75) is 38.7 Å². The van der Waals surface area contributed by atoms with Crippen molar-refractivity contribution < 1.29 is 4.74 Å². The van der Waals surface area contributed by atoms with E-state index in [-0.39, 0.29) is 0 Å². The van der Waals surface area contributed by atoms with Crippen LogP contribution in [-0.4, -0.2) is 22.1 Å². The van der Waals surface area contributed by atoms with Crippen molar-refractivity contribution in [3.63, 3.8) is 0 Å². The number of nitrogens with zero attached hydrogens (tertiary/aromatic N) is 2. The number of imidazole rings is 1. The topological polar surface area (TPSA) is 26.5 Å². The lowest BCUT2D eigenvalue weighted by Crippen LogP contribution is -2.21. The summed E-state index contributed by atoms with van der Waals surface area (Å²) in [6, 6.07) is 4.17. The molecule has 2 aromatic rings. The van der Waals surface area contributed by atoms with Gasteiger partial charge in [-0.15, -0.1) is 0 Å². The number of ether oxygens (including phenoxy) is 1. The van der Waals surface area contributed by atoms with Gasteiger partial charge in [-0.3, -0.25) is 0 Å². The summed E-state index contributed by atoms with van der Waals surface area (Å²) < 4.78 is 7.86. The van der Waals surface area contributed by atoms with Gasteiger partial charge < -0.3 is 9.14 Å². The quantitative estimate of drug-likeness (QED) is 0.793. The summed E-state index contributed by atoms with van der Waals surface area (Å²) in [6.45, 7) is 3.01. The second kappa shape index (κ2) is 4.49. The maximum Gasteiger partial charge on any atom is 0.136 e. The number of rotatable bonds is 2. The van der Waals surface area contributed by atoms with Gasteiger partial charge in [-0.05, 0) is 37.8 Å². The van der Waals surface area contributed by atoms with E-state index in [2.05, 4.69) is 40.8 Å². The van der Waals surface area contributed by atoms with Crippen LogP contribution in [0.1, 0.15) is 30.5 Å². The van der Waals surface area contributed by atoms with E-state index in [0.717, 1.165) is 24.4 Å². The molecule has 3 heteroatoms. The molecule has 3 rings (SSSR count). The summed E-state index contributed by atoms with van der Waals surface area (Å²) >= 11 is 0. The van der Waals surface area contributed by atoms with Crippen LogP contribution >= 0.6 is 0 Å². The van der Waals surface area contributed by atoms with Gasteiger partial charge in [0.15, 0.2) is 0 Å². The van der Waals surface area contributed by atoms with E-state index in [9.17, 15) is 0 Å². The number of fused-ring (bicyclic) bond motifs is 1. The van der Waals surface area contributed by atoms with Gasteiger partial charge in [0.25, 0.3) is 0 Å². The number of hydrogen-bond acceptors (Lipinski definition) is 2. The van der Waals surface area contributed by atoms with Crippen LogP contribution < -0.4 is 0 Å². The van der Waals surface area contributed by atoms with Gasteiger partial charge in [0.05, 0.1) is 11.8 Å². The first-order chi connectivity index (χ1) is 8.31. The second-order valence-corrected chi connectivity index (χ2v) is 4.90. The summed E-state index contributed by atoms with van der Waals surface area (Å²) in [4.78, 5) is 4.63. The third-order valence-electron chi connectivity index (χ3n) is 3.36. The van der Waals surface area contributed by atoms with E-state index in [1.807, 2.05) is 0 Å². The van der Waals surface area contributed by atoms with Gasteiger partial charge in [-0.1, -0.05) is 6.07 Å². The Bertz CT molecular complexity index is 512. The van der Waals surface area contributed by atoms with Crippen LogP contribution in [0.4, 0.5) is 0 Å². The minimum Gasteiger partial charge on any atom is -0.378 e. The molecular weight excluding hydrogens is 212 g/mol. The first kappa shape index (κ1) is 10.8. The maximum atomic E-state index is 5.75. The Kier molecular flexibility index (Phi) is 2.85. The molecule has 2 aromatic heterocycles. The maximum absolute atomic E-state index is 5.75. The Morgan fingerprint density at radius 3 is 3.12 bits per heavy atom. The van der Waals surface area contributed by atoms with Crippen LogP contribution in [0.2, 0.25) is 0 Å². The van der Waals surface area contributed by atoms with Gasteiger partial charge in [0.2, 0.25) is 0 Å². The smallest absolute Gasteiger partial charge is 0.136 e. The highest BCUT2D eigenvalue weighted by molar-refractivity contribution is 5.41. The predicted molar refractivity (Wildman–Crippen MR) is 67.2 cm³/mol. The van der Waals surface area contributed by atoms with Crippen molar-refractivity contribution in [2.75, 3.05) is 6.61 Å². The molecule has 17 heavy (non-hydrogen) atoms. The monoisotopic (exact) mass is 230 g/mol. The van der Waals surface area contributed by atoms with Crippen LogP contribution in [0.3, 0.4) is 0 Å². The largest absolute Gasteiger partial charge is 0.378 e. The van der Waals surface area contributed by atoms with Crippen LogP contribution in [-0.2, 0) is 11.2 Å². The van der Waals surface area contributed by atoms with Crippen LogP contribution in [0.15, 0.2) is 24.5 Å². The molecule has 0 N–H and O–H groups in total. The highest BCUT2D eigenvalue weighted by Crippen LogP contribution is 2.17. The molecule has 90 valence electrons. The van der Waals surface area contributed by atoms with Crippen molar-refractivity contribution in [3.8, 4) is 0 Å². The van der Waals surface area contributed by atoms with Crippen molar-refractivity contribution in [1.82, 2.24) is 9.38 Å². The van der Waals surface area contributed by atoms with Gasteiger partial charge in [0, 0.05) is 25.4 Å². The molecule has 0 bridgehead atoms. The van der Waals surface area contributed by atoms with E-state index in [0.29, 0.717) is 6.10 Å². The standard InChI is InChI=1S/C14H18N2O/c1-11-5-6-14-15-12(10-16(14)9-11)8-13-4-2-3-7-17-13/h5-6,9-10,13H,2-4,7-8H2,1H3. The fourth-order valence-electron chi connectivity index (χ4n) is 2.46. The SMILES string of the molecule is Cc1ccc2nc(CC3CCCCO3)cn2c1. The number of hydrogen-bond donors (Lipinski definition) is 0. The zero-order valence-corrected chi connectivity index (χ0v) is 10.2. The van der Waals surface area contributed by atoms with Crippen molar-refractivity contribution in [1.29, 1.82) is 0 Å². The second-order valence-electron chi connectivity index (χ2n) is 4.90. The lowest BCUT2D eigenvalue weighted by molar-refractivity contribution is 0.0163. The molecule has 0 spiro atoms. The Balaban J connectivity index is 1.80. The molecule has 0 aromatic carbocycles. The molecule has 0 saturated carbocycles. The first-order valence-corrected chi connectivity index (χ1v) is 6.37. The van der Waals surface area contributed by atoms with E-state index >= 15 is 0 Å². The molecule has 1 saturated heterocycles. The third kappa shape index (κ3) is 2.34. The molecule has 0 radical (unpaired) electrons. The van der Waals surface area contributed by atoms with E-state index < -0.39 is 0 Å². The Labute approximate surface area is 101 Å². The molecule has 0 aliphatic carbocycles. The minimum atomic E-state index is 0.370. The highest BCUT2D eigenvalue weighted by Gasteiger charge is 2.15. The fourth-order valence-corrected chi connectivity index (χ4v) is 2.46. The molecular formula is C14H18N2O. The van der Waals surface area contributed by atoms with Crippen molar-refractivity contribution in [3.05, 3.63) is 35.8 Å². The molecule has 0 amide bonds. The van der Waals surface area contributed by atoms with Gasteiger partial charge in [-0.25, -0.2) is 4.98 Å².